The van der Waals surface area contributed by atoms with Crippen LogP contribution in [-0.2, 0) is 15.9 Å². The molecule has 0 amide bonds. The average molecular weight is 275 g/mol. The van der Waals surface area contributed by atoms with E-state index in [0.29, 0.717) is 0 Å². The first kappa shape index (κ1) is 18.6. The van der Waals surface area contributed by atoms with Crippen LogP contribution in [0.25, 0.3) is 0 Å². The topological polar surface area (TPSA) is 149 Å². The Balaban J connectivity index is 0. The number of non-ortho nitro benzene ring substituents is 1. The summed E-state index contributed by atoms with van der Waals surface area (Å²) in [6, 6.07) is 2.92. The summed E-state index contributed by atoms with van der Waals surface area (Å²) in [5, 5.41) is 19.5. The van der Waals surface area contributed by atoms with Crippen molar-refractivity contribution in [3.8, 4) is 5.75 Å². The van der Waals surface area contributed by atoms with Gasteiger partial charge in [0.1, 0.15) is 11.5 Å². The van der Waals surface area contributed by atoms with Gasteiger partial charge in [0.05, 0.1) is 4.92 Å². The van der Waals surface area contributed by atoms with Crippen molar-refractivity contribution in [2.24, 2.45) is 0 Å². The molecule has 17 heavy (non-hydrogen) atoms. The van der Waals surface area contributed by atoms with Crippen molar-refractivity contribution in [3.63, 3.8) is 0 Å². The van der Waals surface area contributed by atoms with E-state index >= 15 is 0 Å². The molecule has 0 aliphatic heterocycles. The molecule has 1 rings (SSSR count). The molecule has 0 spiro atoms. The van der Waals surface area contributed by atoms with Crippen LogP contribution in [0, 0.1) is 10.1 Å². The zero-order valence-corrected chi connectivity index (χ0v) is 8.64. The Labute approximate surface area is 119 Å². The number of phenols is 1. The average Bonchev–Trinajstić information content (AvgIpc) is 2.06. The van der Waals surface area contributed by atoms with Crippen LogP contribution in [0.1, 0.15) is 5.56 Å². The molecule has 0 bridgehead atoms. The van der Waals surface area contributed by atoms with Gasteiger partial charge in [0.2, 0.25) is 0 Å². The van der Waals surface area contributed by atoms with Crippen LogP contribution >= 0.6 is 0 Å². The summed E-state index contributed by atoms with van der Waals surface area (Å²) in [6.07, 6.45) is 0. The quantitative estimate of drug-likeness (QED) is 0.319. The normalized spacial score (nSPS) is 9.94. The summed E-state index contributed by atoms with van der Waals surface area (Å²) in [4.78, 5) is 9.61. The second-order valence-corrected chi connectivity index (χ2v) is 4.25. The van der Waals surface area contributed by atoms with E-state index < -0.39 is 26.5 Å². The number of aromatic hydroxyl groups is 1. The third kappa shape index (κ3) is 5.96. The van der Waals surface area contributed by atoms with E-state index in [-0.39, 0.29) is 46.3 Å². The van der Waals surface area contributed by atoms with Crippen LogP contribution in [0.15, 0.2) is 18.2 Å². The fourth-order valence-corrected chi connectivity index (χ4v) is 1.62. The van der Waals surface area contributed by atoms with Gasteiger partial charge in [-0.1, -0.05) is 0 Å². The zero-order valence-electron chi connectivity index (χ0n) is 7.82. The SMILES string of the molecule is O.O=[N+]([O-])c1ccc(O)c(CS(=O)(=O)O)c1.[NaH]. The molecule has 0 aliphatic rings. The van der Waals surface area contributed by atoms with Crippen molar-refractivity contribution >= 4 is 45.4 Å². The summed E-state index contributed by atoms with van der Waals surface area (Å²) in [5.74, 6) is -1.28. The Bertz CT molecular complexity index is 501. The molecule has 1 aromatic rings. The third-order valence-electron chi connectivity index (χ3n) is 1.61. The van der Waals surface area contributed by atoms with Gasteiger partial charge < -0.3 is 10.6 Å². The fourth-order valence-electron chi connectivity index (χ4n) is 0.998. The first-order chi connectivity index (χ1) is 6.79. The van der Waals surface area contributed by atoms with Crippen molar-refractivity contribution in [3.05, 3.63) is 33.9 Å². The fraction of sp³-hybridized carbons (Fsp3) is 0.143. The van der Waals surface area contributed by atoms with Crippen molar-refractivity contribution < 1.29 is 28.5 Å². The first-order valence-corrected chi connectivity index (χ1v) is 5.32. The van der Waals surface area contributed by atoms with Crippen molar-refractivity contribution in [2.75, 3.05) is 0 Å². The first-order valence-electron chi connectivity index (χ1n) is 3.71. The molecule has 0 aromatic heterocycles. The number of phenolic OH excluding ortho intramolecular Hbond substituents is 1. The van der Waals surface area contributed by atoms with Crippen LogP contribution in [0.5, 0.6) is 5.75 Å². The van der Waals surface area contributed by atoms with E-state index in [0.717, 1.165) is 18.2 Å². The van der Waals surface area contributed by atoms with Crippen molar-refractivity contribution in [1.29, 1.82) is 0 Å². The third-order valence-corrected chi connectivity index (χ3v) is 2.29. The van der Waals surface area contributed by atoms with E-state index in [4.69, 9.17) is 4.55 Å². The minimum atomic E-state index is -4.32. The second-order valence-electron chi connectivity index (χ2n) is 2.80. The number of nitro benzene ring substituents is 1. The molecular formula is C7H10NNaO7S. The molecule has 0 fully saturated rings. The number of nitro groups is 1. The molecule has 8 nitrogen and oxygen atoms in total. The second kappa shape index (κ2) is 6.89. The van der Waals surface area contributed by atoms with Gasteiger partial charge in [0.15, 0.2) is 0 Å². The molecule has 4 N–H and O–H groups in total. The van der Waals surface area contributed by atoms with Crippen molar-refractivity contribution in [2.45, 2.75) is 5.75 Å². The molecule has 0 saturated carbocycles. The maximum atomic E-state index is 10.5. The summed E-state index contributed by atoms with van der Waals surface area (Å²) in [6.45, 7) is 0. The zero-order chi connectivity index (χ0) is 11.6. The molecule has 1 aromatic carbocycles. The Hall–Kier alpha value is -0.710. The van der Waals surface area contributed by atoms with Gasteiger partial charge in [-0.05, 0) is 6.07 Å². The van der Waals surface area contributed by atoms with Gasteiger partial charge in [-0.25, -0.2) is 0 Å². The van der Waals surface area contributed by atoms with E-state index in [1.807, 2.05) is 0 Å². The van der Waals surface area contributed by atoms with Gasteiger partial charge in [-0.2, -0.15) is 8.42 Å². The Morgan fingerprint density at radius 2 is 1.88 bits per heavy atom. The monoisotopic (exact) mass is 275 g/mol. The molecule has 0 saturated heterocycles. The molecule has 0 heterocycles. The van der Waals surface area contributed by atoms with E-state index in [1.54, 1.807) is 0 Å². The minimum absolute atomic E-state index is 0. The molecule has 92 valence electrons. The number of nitrogens with zero attached hydrogens (tertiary/aromatic N) is 1. The van der Waals surface area contributed by atoms with Gasteiger partial charge in [-0.15, -0.1) is 0 Å². The Morgan fingerprint density at radius 1 is 1.35 bits per heavy atom. The molecule has 10 heteroatoms. The van der Waals surface area contributed by atoms with E-state index in [9.17, 15) is 23.6 Å². The summed E-state index contributed by atoms with van der Waals surface area (Å²) >= 11 is 0. The molecule has 0 unspecified atom stereocenters. The van der Waals surface area contributed by atoms with Crippen LogP contribution in [0.3, 0.4) is 0 Å². The summed E-state index contributed by atoms with van der Waals surface area (Å²) in [7, 11) is -4.32. The predicted molar refractivity (Wildman–Crippen MR) is 60.8 cm³/mol. The van der Waals surface area contributed by atoms with Crippen molar-refractivity contribution in [1.82, 2.24) is 0 Å². The van der Waals surface area contributed by atoms with E-state index in [1.165, 1.54) is 0 Å². The van der Waals surface area contributed by atoms with E-state index in [2.05, 4.69) is 0 Å². The van der Waals surface area contributed by atoms with Crippen LogP contribution in [0.2, 0.25) is 0 Å². The standard InChI is InChI=1S/C7H7NO6S.Na.H2O.H/c9-7-2-1-6(8(10)11)3-5(7)4-15(12,13)14;;;/h1-3,9H,4H2,(H,12,13,14);;1H2;. The number of hydrogen-bond donors (Lipinski definition) is 2. The maximum absolute atomic E-state index is 10.5. The molecule has 0 atom stereocenters. The molecule has 0 aliphatic carbocycles. The summed E-state index contributed by atoms with van der Waals surface area (Å²) in [5.41, 5.74) is -0.571. The predicted octanol–water partition coefficient (Wildman–Crippen LogP) is -0.785. The van der Waals surface area contributed by atoms with Gasteiger partial charge in [-0.3, -0.25) is 14.7 Å². The van der Waals surface area contributed by atoms with Crippen LogP contribution in [0.4, 0.5) is 5.69 Å². The van der Waals surface area contributed by atoms with Gasteiger partial charge in [0, 0.05) is 17.7 Å². The molecular weight excluding hydrogens is 265 g/mol. The van der Waals surface area contributed by atoms with Crippen LogP contribution < -0.4 is 0 Å². The molecule has 0 radical (unpaired) electrons. The number of benzene rings is 1. The number of hydrogen-bond acceptors (Lipinski definition) is 5. The van der Waals surface area contributed by atoms with Gasteiger partial charge in [0.25, 0.3) is 15.8 Å². The van der Waals surface area contributed by atoms with Gasteiger partial charge >= 0.3 is 29.6 Å². The van der Waals surface area contributed by atoms with Crippen LogP contribution in [-0.4, -0.2) is 58.0 Å². The Kier molecular flexibility index (Phi) is 7.56. The Morgan fingerprint density at radius 3 is 2.29 bits per heavy atom. The number of rotatable bonds is 3. The summed E-state index contributed by atoms with van der Waals surface area (Å²) < 4.78 is 29.5.